The number of pyridine rings is 2. The first kappa shape index (κ1) is 13.5. The van der Waals surface area contributed by atoms with E-state index in [0.717, 1.165) is 24.9 Å². The first-order chi connectivity index (χ1) is 10.2. The second-order valence-corrected chi connectivity index (χ2v) is 5.34. The Labute approximate surface area is 123 Å². The smallest absolute Gasteiger partial charge is 0.256 e. The number of hydrogen-bond donors (Lipinski definition) is 1. The van der Waals surface area contributed by atoms with Crippen LogP contribution in [0.15, 0.2) is 36.8 Å². The normalized spacial score (nSPS) is 18.0. The molecule has 5 nitrogen and oxygen atoms in total. The number of rotatable bonds is 2. The number of aryl methyl sites for hydroxylation is 1. The van der Waals surface area contributed by atoms with Crippen LogP contribution in [0.5, 0.6) is 0 Å². The van der Waals surface area contributed by atoms with E-state index in [1.807, 2.05) is 30.2 Å². The maximum atomic E-state index is 12.8. The zero-order chi connectivity index (χ0) is 14.8. The molecule has 3 rings (SSSR count). The Morgan fingerprint density at radius 3 is 3.05 bits per heavy atom. The molecule has 2 N–H and O–H groups in total. The molecular weight excluding hydrogens is 264 g/mol. The fraction of sp³-hybridized carbons (Fsp3) is 0.312. The van der Waals surface area contributed by atoms with Crippen molar-refractivity contribution in [1.82, 2.24) is 14.9 Å². The van der Waals surface area contributed by atoms with Gasteiger partial charge in [0.15, 0.2) is 0 Å². The van der Waals surface area contributed by atoms with Crippen molar-refractivity contribution in [3.8, 4) is 0 Å². The van der Waals surface area contributed by atoms with E-state index in [1.165, 1.54) is 0 Å². The van der Waals surface area contributed by atoms with Gasteiger partial charge >= 0.3 is 0 Å². The van der Waals surface area contributed by atoms with Crippen LogP contribution >= 0.6 is 0 Å². The van der Waals surface area contributed by atoms with E-state index >= 15 is 0 Å². The molecule has 0 aromatic carbocycles. The minimum Gasteiger partial charge on any atom is -0.397 e. The molecule has 21 heavy (non-hydrogen) atoms. The number of aromatic nitrogens is 2. The number of hydrogen-bond acceptors (Lipinski definition) is 4. The molecule has 1 atom stereocenters. The van der Waals surface area contributed by atoms with Gasteiger partial charge in [-0.2, -0.15) is 0 Å². The van der Waals surface area contributed by atoms with E-state index in [9.17, 15) is 4.79 Å². The van der Waals surface area contributed by atoms with E-state index in [2.05, 4.69) is 9.97 Å². The summed E-state index contributed by atoms with van der Waals surface area (Å²) in [6.45, 7) is 2.59. The van der Waals surface area contributed by atoms with Crippen LogP contribution in [0.2, 0.25) is 0 Å². The van der Waals surface area contributed by atoms with Gasteiger partial charge < -0.3 is 10.6 Å². The lowest BCUT2D eigenvalue weighted by atomic mass is 10.1. The zero-order valence-electron chi connectivity index (χ0n) is 12.0. The molecule has 5 heteroatoms. The van der Waals surface area contributed by atoms with Crippen molar-refractivity contribution >= 4 is 11.6 Å². The Morgan fingerprint density at radius 1 is 1.43 bits per heavy atom. The van der Waals surface area contributed by atoms with Gasteiger partial charge in [0.05, 0.1) is 29.2 Å². The number of carbonyl (C=O) groups excluding carboxylic acids is 1. The Kier molecular flexibility index (Phi) is 3.56. The minimum atomic E-state index is -0.00125. The Morgan fingerprint density at radius 2 is 2.29 bits per heavy atom. The lowest BCUT2D eigenvalue weighted by Crippen LogP contribution is -2.31. The molecule has 2 aromatic heterocycles. The SMILES string of the molecule is Cc1ncc(N)cc1C(=O)N1CCCC1c1cccnc1. The van der Waals surface area contributed by atoms with Gasteiger partial charge in [0, 0.05) is 18.9 Å². The molecule has 2 aromatic rings. The third-order valence-corrected chi connectivity index (χ3v) is 3.92. The lowest BCUT2D eigenvalue weighted by molar-refractivity contribution is 0.0734. The fourth-order valence-corrected chi connectivity index (χ4v) is 2.85. The van der Waals surface area contributed by atoms with Gasteiger partial charge in [0.25, 0.3) is 5.91 Å². The van der Waals surface area contributed by atoms with Crippen molar-refractivity contribution in [2.75, 3.05) is 12.3 Å². The Balaban J connectivity index is 1.92. The van der Waals surface area contributed by atoms with Crippen LogP contribution in [0.3, 0.4) is 0 Å². The van der Waals surface area contributed by atoms with Crippen LogP contribution in [0, 0.1) is 6.92 Å². The summed E-state index contributed by atoms with van der Waals surface area (Å²) >= 11 is 0. The minimum absolute atomic E-state index is 0.00125. The molecule has 1 amide bonds. The fourth-order valence-electron chi connectivity index (χ4n) is 2.85. The van der Waals surface area contributed by atoms with Crippen molar-refractivity contribution in [3.63, 3.8) is 0 Å². The topological polar surface area (TPSA) is 72.1 Å². The second kappa shape index (κ2) is 5.52. The van der Waals surface area contributed by atoms with Crippen LogP contribution in [0.1, 0.15) is 40.5 Å². The van der Waals surface area contributed by atoms with E-state index in [-0.39, 0.29) is 11.9 Å². The predicted molar refractivity (Wildman–Crippen MR) is 80.6 cm³/mol. The molecule has 1 aliphatic rings. The first-order valence-electron chi connectivity index (χ1n) is 7.10. The molecular formula is C16H18N4O. The quantitative estimate of drug-likeness (QED) is 0.917. The molecule has 1 fully saturated rings. The van der Waals surface area contributed by atoms with Gasteiger partial charge in [0.2, 0.25) is 0 Å². The number of nitrogen functional groups attached to an aromatic ring is 1. The zero-order valence-corrected chi connectivity index (χ0v) is 12.0. The van der Waals surface area contributed by atoms with Crippen LogP contribution < -0.4 is 5.73 Å². The number of amides is 1. The Bertz CT molecular complexity index is 657. The van der Waals surface area contributed by atoms with Gasteiger partial charge in [-0.15, -0.1) is 0 Å². The number of likely N-dealkylation sites (tertiary alicyclic amines) is 1. The van der Waals surface area contributed by atoms with Crippen molar-refractivity contribution in [2.45, 2.75) is 25.8 Å². The first-order valence-corrected chi connectivity index (χ1v) is 7.10. The standard InChI is InChI=1S/C16H18N4O/c1-11-14(8-13(17)10-19-11)16(21)20-7-3-5-15(20)12-4-2-6-18-9-12/h2,4,6,8-10,15H,3,5,7,17H2,1H3. The van der Waals surface area contributed by atoms with Gasteiger partial charge in [-0.1, -0.05) is 6.07 Å². The summed E-state index contributed by atoms with van der Waals surface area (Å²) in [5.74, 6) is -0.00125. The monoisotopic (exact) mass is 282 g/mol. The van der Waals surface area contributed by atoms with Crippen molar-refractivity contribution < 1.29 is 4.79 Å². The summed E-state index contributed by atoms with van der Waals surface area (Å²) in [4.78, 5) is 23.1. The summed E-state index contributed by atoms with van der Waals surface area (Å²) in [7, 11) is 0. The highest BCUT2D eigenvalue weighted by Gasteiger charge is 2.31. The molecule has 0 bridgehead atoms. The van der Waals surface area contributed by atoms with Crippen molar-refractivity contribution in [2.24, 2.45) is 0 Å². The second-order valence-electron chi connectivity index (χ2n) is 5.34. The molecule has 3 heterocycles. The van der Waals surface area contributed by atoms with Crippen molar-refractivity contribution in [1.29, 1.82) is 0 Å². The molecule has 1 saturated heterocycles. The largest absolute Gasteiger partial charge is 0.397 e. The van der Waals surface area contributed by atoms with Gasteiger partial charge in [-0.05, 0) is 37.5 Å². The maximum Gasteiger partial charge on any atom is 0.256 e. The summed E-state index contributed by atoms with van der Waals surface area (Å²) < 4.78 is 0. The molecule has 0 spiro atoms. The van der Waals surface area contributed by atoms with Crippen LogP contribution in [-0.4, -0.2) is 27.3 Å². The van der Waals surface area contributed by atoms with E-state index in [0.29, 0.717) is 16.9 Å². The highest BCUT2D eigenvalue weighted by atomic mass is 16.2. The molecule has 0 aliphatic carbocycles. The van der Waals surface area contributed by atoms with Gasteiger partial charge in [-0.25, -0.2) is 0 Å². The van der Waals surface area contributed by atoms with Gasteiger partial charge in [-0.3, -0.25) is 14.8 Å². The third kappa shape index (κ3) is 2.59. The van der Waals surface area contributed by atoms with E-state index < -0.39 is 0 Å². The average molecular weight is 282 g/mol. The van der Waals surface area contributed by atoms with Crippen LogP contribution in [0.25, 0.3) is 0 Å². The summed E-state index contributed by atoms with van der Waals surface area (Å²) in [5.41, 5.74) is 8.67. The maximum absolute atomic E-state index is 12.8. The number of carbonyl (C=O) groups is 1. The highest BCUT2D eigenvalue weighted by molar-refractivity contribution is 5.96. The molecule has 1 aliphatic heterocycles. The predicted octanol–water partition coefficient (Wildman–Crippen LogP) is 2.34. The molecule has 0 saturated carbocycles. The number of anilines is 1. The number of nitrogens with zero attached hydrogens (tertiary/aromatic N) is 3. The van der Waals surface area contributed by atoms with E-state index in [1.54, 1.807) is 18.5 Å². The third-order valence-electron chi connectivity index (χ3n) is 3.92. The van der Waals surface area contributed by atoms with Crippen molar-refractivity contribution in [3.05, 3.63) is 53.6 Å². The van der Waals surface area contributed by atoms with E-state index in [4.69, 9.17) is 5.73 Å². The lowest BCUT2D eigenvalue weighted by Gasteiger charge is -2.25. The Hall–Kier alpha value is -2.43. The number of nitrogens with two attached hydrogens (primary N) is 1. The summed E-state index contributed by atoms with van der Waals surface area (Å²) in [6.07, 6.45) is 7.12. The molecule has 1 unspecified atom stereocenters. The van der Waals surface area contributed by atoms with Gasteiger partial charge in [0.1, 0.15) is 0 Å². The average Bonchev–Trinajstić information content (AvgIpc) is 2.99. The molecule has 0 radical (unpaired) electrons. The van der Waals surface area contributed by atoms with Crippen LogP contribution in [0.4, 0.5) is 5.69 Å². The van der Waals surface area contributed by atoms with Crippen LogP contribution in [-0.2, 0) is 0 Å². The molecule has 108 valence electrons. The highest BCUT2D eigenvalue weighted by Crippen LogP contribution is 2.33. The summed E-state index contributed by atoms with van der Waals surface area (Å²) in [5, 5.41) is 0. The summed E-state index contributed by atoms with van der Waals surface area (Å²) in [6, 6.07) is 5.73.